The number of phenolic OH excluding ortho intramolecular Hbond substituents is 1. The van der Waals surface area contributed by atoms with Crippen LogP contribution >= 0.6 is 0 Å². The van der Waals surface area contributed by atoms with Gasteiger partial charge in [-0.05, 0) is 36.6 Å². The lowest BCUT2D eigenvalue weighted by Crippen LogP contribution is -2.01. The van der Waals surface area contributed by atoms with Crippen molar-refractivity contribution >= 4 is 5.78 Å². The lowest BCUT2D eigenvalue weighted by Gasteiger charge is -2.07. The van der Waals surface area contributed by atoms with Crippen molar-refractivity contribution in [1.29, 1.82) is 0 Å². The Morgan fingerprint density at radius 1 is 1.06 bits per heavy atom. The summed E-state index contributed by atoms with van der Waals surface area (Å²) in [6, 6.07) is 14.8. The molecule has 18 heavy (non-hydrogen) atoms. The molecule has 0 bridgehead atoms. The van der Waals surface area contributed by atoms with Gasteiger partial charge in [0.25, 0.3) is 0 Å². The number of benzene rings is 2. The molecule has 0 atom stereocenters. The van der Waals surface area contributed by atoms with Gasteiger partial charge in [0, 0.05) is 17.0 Å². The van der Waals surface area contributed by atoms with E-state index in [9.17, 15) is 9.90 Å². The summed E-state index contributed by atoms with van der Waals surface area (Å²) < 4.78 is 0. The standard InChI is InChI=1S/C16H14O2/c17-15-9-8-13(16(18)12-6-7-12)10-14(15)11-4-2-1-3-5-11/h1-5,8-10,12,17H,6-7H2. The van der Waals surface area contributed by atoms with Crippen LogP contribution in [0, 0.1) is 5.92 Å². The minimum Gasteiger partial charge on any atom is -0.507 e. The average molecular weight is 238 g/mol. The SMILES string of the molecule is O=C(c1ccc(O)c(-c2ccccc2)c1)C1CC1. The first-order valence-electron chi connectivity index (χ1n) is 6.18. The van der Waals surface area contributed by atoms with E-state index in [2.05, 4.69) is 0 Å². The molecule has 3 rings (SSSR count). The third-order valence-electron chi connectivity index (χ3n) is 3.31. The van der Waals surface area contributed by atoms with Gasteiger partial charge in [0.05, 0.1) is 0 Å². The summed E-state index contributed by atoms with van der Waals surface area (Å²) in [5.41, 5.74) is 2.36. The van der Waals surface area contributed by atoms with Crippen molar-refractivity contribution in [3.63, 3.8) is 0 Å². The Balaban J connectivity index is 2.03. The molecule has 2 nitrogen and oxygen atoms in total. The fourth-order valence-corrected chi connectivity index (χ4v) is 2.12. The highest BCUT2D eigenvalue weighted by Crippen LogP contribution is 2.35. The summed E-state index contributed by atoms with van der Waals surface area (Å²) in [6.07, 6.45) is 2.00. The molecule has 0 aromatic heterocycles. The molecule has 90 valence electrons. The minimum atomic E-state index is 0.201. The first kappa shape index (κ1) is 11.0. The number of carbonyl (C=O) groups is 1. The van der Waals surface area contributed by atoms with Crippen molar-refractivity contribution in [3.05, 3.63) is 54.1 Å². The first-order valence-corrected chi connectivity index (χ1v) is 6.18. The molecular formula is C16H14O2. The van der Waals surface area contributed by atoms with Crippen molar-refractivity contribution in [2.75, 3.05) is 0 Å². The maximum absolute atomic E-state index is 12.0. The molecule has 0 radical (unpaired) electrons. The molecule has 2 aromatic rings. The van der Waals surface area contributed by atoms with Crippen molar-refractivity contribution < 1.29 is 9.90 Å². The fraction of sp³-hybridized carbons (Fsp3) is 0.188. The molecule has 1 aliphatic carbocycles. The highest BCUT2D eigenvalue weighted by Gasteiger charge is 2.30. The zero-order valence-electron chi connectivity index (χ0n) is 9.97. The Hall–Kier alpha value is -2.09. The second-order valence-corrected chi connectivity index (χ2v) is 4.74. The number of Topliss-reactive ketones (excluding diaryl/α,β-unsaturated/α-hetero) is 1. The van der Waals surface area contributed by atoms with Gasteiger partial charge >= 0.3 is 0 Å². The van der Waals surface area contributed by atoms with Crippen molar-refractivity contribution in [2.24, 2.45) is 5.92 Å². The maximum Gasteiger partial charge on any atom is 0.165 e. The number of phenols is 1. The normalized spacial score (nSPS) is 14.4. The second-order valence-electron chi connectivity index (χ2n) is 4.74. The molecule has 0 amide bonds. The Bertz CT molecular complexity index is 583. The van der Waals surface area contributed by atoms with E-state index >= 15 is 0 Å². The molecule has 0 aliphatic heterocycles. The molecule has 2 aromatic carbocycles. The lowest BCUT2D eigenvalue weighted by molar-refractivity contribution is 0.0967. The van der Waals surface area contributed by atoms with Gasteiger partial charge in [0.1, 0.15) is 5.75 Å². The molecular weight excluding hydrogens is 224 g/mol. The zero-order chi connectivity index (χ0) is 12.5. The number of hydrogen-bond donors (Lipinski definition) is 1. The topological polar surface area (TPSA) is 37.3 Å². The molecule has 0 heterocycles. The Kier molecular flexibility index (Phi) is 2.63. The van der Waals surface area contributed by atoms with Gasteiger partial charge in [-0.15, -0.1) is 0 Å². The predicted octanol–water partition coefficient (Wildman–Crippen LogP) is 3.65. The van der Waals surface area contributed by atoms with Crippen LogP contribution in [0.25, 0.3) is 11.1 Å². The molecule has 2 heteroatoms. The largest absolute Gasteiger partial charge is 0.507 e. The van der Waals surface area contributed by atoms with Crippen LogP contribution in [0.1, 0.15) is 23.2 Å². The molecule has 0 saturated heterocycles. The van der Waals surface area contributed by atoms with E-state index < -0.39 is 0 Å². The summed E-state index contributed by atoms with van der Waals surface area (Å²) in [5.74, 6) is 0.624. The van der Waals surface area contributed by atoms with Crippen molar-refractivity contribution in [1.82, 2.24) is 0 Å². The number of carbonyl (C=O) groups excluding carboxylic acids is 1. The van der Waals surface area contributed by atoms with Gasteiger partial charge in [-0.25, -0.2) is 0 Å². The van der Waals surface area contributed by atoms with Gasteiger partial charge in [-0.1, -0.05) is 30.3 Å². The summed E-state index contributed by atoms with van der Waals surface area (Å²) in [5, 5.41) is 9.91. The van der Waals surface area contributed by atoms with E-state index in [1.807, 2.05) is 30.3 Å². The van der Waals surface area contributed by atoms with Crippen molar-refractivity contribution in [2.45, 2.75) is 12.8 Å². The van der Waals surface area contributed by atoms with Gasteiger partial charge in [-0.3, -0.25) is 4.79 Å². The maximum atomic E-state index is 12.0. The number of hydrogen-bond acceptors (Lipinski definition) is 2. The summed E-state index contributed by atoms with van der Waals surface area (Å²) in [7, 11) is 0. The van der Waals surface area contributed by atoms with Gasteiger partial charge in [0.15, 0.2) is 5.78 Å². The third-order valence-corrected chi connectivity index (χ3v) is 3.31. The van der Waals surface area contributed by atoms with Gasteiger partial charge in [0.2, 0.25) is 0 Å². The number of aromatic hydroxyl groups is 1. The summed E-state index contributed by atoms with van der Waals surface area (Å²) in [4.78, 5) is 12.0. The highest BCUT2D eigenvalue weighted by atomic mass is 16.3. The van der Waals surface area contributed by atoms with Gasteiger partial charge < -0.3 is 5.11 Å². The number of ketones is 1. The average Bonchev–Trinajstić information content (AvgIpc) is 3.24. The molecule has 1 aliphatic rings. The quantitative estimate of drug-likeness (QED) is 0.829. The van der Waals surface area contributed by atoms with Crippen molar-refractivity contribution in [3.8, 4) is 16.9 Å². The van der Waals surface area contributed by atoms with Crippen LogP contribution in [-0.4, -0.2) is 10.9 Å². The Morgan fingerprint density at radius 2 is 1.78 bits per heavy atom. The minimum absolute atomic E-state index is 0.201. The second kappa shape index (κ2) is 4.30. The van der Waals surface area contributed by atoms with Crippen LogP contribution in [0.2, 0.25) is 0 Å². The lowest BCUT2D eigenvalue weighted by atomic mass is 9.99. The molecule has 1 fully saturated rings. The Morgan fingerprint density at radius 3 is 2.44 bits per heavy atom. The van der Waals surface area contributed by atoms with E-state index in [-0.39, 0.29) is 17.5 Å². The van der Waals surface area contributed by atoms with E-state index in [0.717, 1.165) is 24.0 Å². The Labute approximate surface area is 106 Å². The predicted molar refractivity (Wildman–Crippen MR) is 70.6 cm³/mol. The first-order chi connectivity index (χ1) is 8.75. The molecule has 0 unspecified atom stereocenters. The van der Waals surface area contributed by atoms with E-state index in [1.54, 1.807) is 18.2 Å². The monoisotopic (exact) mass is 238 g/mol. The molecule has 1 N–H and O–H groups in total. The zero-order valence-corrected chi connectivity index (χ0v) is 9.97. The number of rotatable bonds is 3. The van der Waals surface area contributed by atoms with Crippen LogP contribution in [0.4, 0.5) is 0 Å². The summed E-state index contributed by atoms with van der Waals surface area (Å²) in [6.45, 7) is 0. The van der Waals surface area contributed by atoms with E-state index in [0.29, 0.717) is 5.56 Å². The smallest absolute Gasteiger partial charge is 0.165 e. The van der Waals surface area contributed by atoms with Crippen LogP contribution in [-0.2, 0) is 0 Å². The van der Waals surface area contributed by atoms with E-state index in [4.69, 9.17) is 0 Å². The summed E-state index contributed by atoms with van der Waals surface area (Å²) >= 11 is 0. The third kappa shape index (κ3) is 2.02. The highest BCUT2D eigenvalue weighted by molar-refractivity contribution is 6.00. The van der Waals surface area contributed by atoms with Crippen LogP contribution in [0.5, 0.6) is 5.75 Å². The van der Waals surface area contributed by atoms with Crippen LogP contribution in [0.3, 0.4) is 0 Å². The molecule has 1 saturated carbocycles. The van der Waals surface area contributed by atoms with E-state index in [1.165, 1.54) is 0 Å². The van der Waals surface area contributed by atoms with Crippen LogP contribution in [0.15, 0.2) is 48.5 Å². The van der Waals surface area contributed by atoms with Gasteiger partial charge in [-0.2, -0.15) is 0 Å². The molecule has 0 spiro atoms. The van der Waals surface area contributed by atoms with Crippen LogP contribution < -0.4 is 0 Å². The fourth-order valence-electron chi connectivity index (χ4n) is 2.12.